The van der Waals surface area contributed by atoms with Crippen molar-refractivity contribution in [3.63, 3.8) is 0 Å². The second kappa shape index (κ2) is 11.1. The third kappa shape index (κ3) is 4.11. The molecule has 0 amide bonds. The fourth-order valence-electron chi connectivity index (χ4n) is 8.63. The molecule has 0 unspecified atom stereocenters. The van der Waals surface area contributed by atoms with Crippen molar-refractivity contribution in [3.05, 3.63) is 163 Å². The Labute approximate surface area is 300 Å². The van der Waals surface area contributed by atoms with Gasteiger partial charge in [-0.1, -0.05) is 127 Å². The van der Waals surface area contributed by atoms with E-state index in [0.29, 0.717) is 6.54 Å². The summed E-state index contributed by atoms with van der Waals surface area (Å²) in [6.07, 6.45) is 2.40. The van der Waals surface area contributed by atoms with Gasteiger partial charge in [0.15, 0.2) is 0 Å². The van der Waals surface area contributed by atoms with Gasteiger partial charge in [-0.3, -0.25) is 0 Å². The molecule has 0 atom stereocenters. The van der Waals surface area contributed by atoms with Crippen LogP contribution < -0.4 is 0 Å². The summed E-state index contributed by atoms with van der Waals surface area (Å²) in [7, 11) is 0. The maximum atomic E-state index is 5.42. The van der Waals surface area contributed by atoms with Crippen molar-refractivity contribution in [3.8, 4) is 28.5 Å². The van der Waals surface area contributed by atoms with Crippen LogP contribution in [-0.2, 0) is 13.1 Å². The van der Waals surface area contributed by atoms with Crippen LogP contribution in [0.2, 0.25) is 0 Å². The smallest absolute Gasteiger partial charge is 0.141 e. The van der Waals surface area contributed by atoms with Gasteiger partial charge in [-0.2, -0.15) is 0 Å². The highest BCUT2D eigenvalue weighted by molar-refractivity contribution is 6.18. The van der Waals surface area contributed by atoms with E-state index >= 15 is 0 Å². The van der Waals surface area contributed by atoms with E-state index in [0.717, 1.165) is 51.4 Å². The number of nitrogens with zero attached hydrogens (tertiary/aromatic N) is 5. The van der Waals surface area contributed by atoms with Crippen LogP contribution >= 0.6 is 0 Å². The molecule has 3 aromatic heterocycles. The first-order valence-electron chi connectivity index (χ1n) is 18.0. The summed E-state index contributed by atoms with van der Waals surface area (Å²) in [6, 6.07) is 54.3. The lowest BCUT2D eigenvalue weighted by Crippen LogP contribution is -2.05. The van der Waals surface area contributed by atoms with E-state index in [1.165, 1.54) is 55.0 Å². The summed E-state index contributed by atoms with van der Waals surface area (Å²) < 4.78 is 7.31. The molecule has 0 saturated heterocycles. The average Bonchev–Trinajstić information content (AvgIpc) is 3.85. The fraction of sp³-hybridized carbons (Fsp3) is 0.0638. The molecule has 0 bridgehead atoms. The highest BCUT2D eigenvalue weighted by Crippen LogP contribution is 2.43. The van der Waals surface area contributed by atoms with Crippen molar-refractivity contribution in [2.24, 2.45) is 0 Å². The minimum Gasteiger partial charge on any atom is -0.324 e. The van der Waals surface area contributed by atoms with E-state index in [1.54, 1.807) is 0 Å². The molecule has 7 aromatic carbocycles. The number of rotatable bonds is 5. The molecule has 5 heteroatoms. The molecular weight excluding hydrogens is 635 g/mol. The van der Waals surface area contributed by atoms with Gasteiger partial charge in [-0.05, 0) is 53.8 Å². The topological polar surface area (TPSA) is 40.6 Å². The Morgan fingerprint density at radius 2 is 1.13 bits per heavy atom. The van der Waals surface area contributed by atoms with Gasteiger partial charge in [0.1, 0.15) is 11.6 Å². The van der Waals surface area contributed by atoms with Crippen molar-refractivity contribution >= 4 is 66.3 Å². The van der Waals surface area contributed by atoms with Crippen LogP contribution in [0.15, 0.2) is 152 Å². The summed E-state index contributed by atoms with van der Waals surface area (Å²) in [5.74, 6) is 1.94. The van der Waals surface area contributed by atoms with Crippen molar-refractivity contribution in [1.82, 2.24) is 23.7 Å². The van der Waals surface area contributed by atoms with Crippen molar-refractivity contribution < 1.29 is 0 Å². The predicted molar refractivity (Wildman–Crippen MR) is 216 cm³/mol. The molecule has 0 aliphatic carbocycles. The van der Waals surface area contributed by atoms with Gasteiger partial charge in [0, 0.05) is 39.4 Å². The summed E-state index contributed by atoms with van der Waals surface area (Å²) in [5.41, 5.74) is 13.8. The Morgan fingerprint density at radius 1 is 0.519 bits per heavy atom. The standard InChI is InChI=1S/C47H33N5/c1-2-50-44-38(48-46(50)31-14-5-3-6-15-31)26-24-30-25-27-39-45(42(30)44)51(47(49-39)32-16-7-4-8-17-32)29-34-28-33-18-9-11-22-40(33)52-41-23-12-10-19-36(41)37-21-13-20-35(34)43(37)52/h3-28H,2,29H2,1H3. The number of para-hydroxylation sites is 3. The Bertz CT molecular complexity index is 3060. The molecule has 5 nitrogen and oxygen atoms in total. The number of benzene rings is 7. The summed E-state index contributed by atoms with van der Waals surface area (Å²) in [6.45, 7) is 3.65. The molecule has 0 fully saturated rings. The second-order valence-electron chi connectivity index (χ2n) is 13.7. The van der Waals surface area contributed by atoms with E-state index in [-0.39, 0.29) is 0 Å². The van der Waals surface area contributed by atoms with Gasteiger partial charge in [0.25, 0.3) is 0 Å². The Kier molecular flexibility index (Phi) is 6.23. The Morgan fingerprint density at radius 3 is 1.87 bits per heavy atom. The Hall–Kier alpha value is -6.72. The van der Waals surface area contributed by atoms with E-state index in [1.807, 2.05) is 0 Å². The van der Waals surface area contributed by atoms with Gasteiger partial charge < -0.3 is 13.7 Å². The maximum absolute atomic E-state index is 5.42. The van der Waals surface area contributed by atoms with Gasteiger partial charge in [-0.15, -0.1) is 0 Å². The van der Waals surface area contributed by atoms with Crippen molar-refractivity contribution in [2.45, 2.75) is 20.0 Å². The lowest BCUT2D eigenvalue weighted by molar-refractivity contribution is 0.798. The monoisotopic (exact) mass is 667 g/mol. The van der Waals surface area contributed by atoms with Crippen molar-refractivity contribution in [1.29, 1.82) is 0 Å². The summed E-state index contributed by atoms with van der Waals surface area (Å²) in [4.78, 5) is 10.7. The minimum atomic E-state index is 0.636. The van der Waals surface area contributed by atoms with E-state index in [2.05, 4.69) is 178 Å². The molecule has 4 heterocycles. The number of aromatic nitrogens is 5. The molecule has 0 saturated carbocycles. The lowest BCUT2D eigenvalue weighted by Gasteiger charge is -2.16. The molecule has 1 aliphatic rings. The zero-order valence-corrected chi connectivity index (χ0v) is 28.7. The highest BCUT2D eigenvalue weighted by atomic mass is 15.1. The molecule has 52 heavy (non-hydrogen) atoms. The average molecular weight is 668 g/mol. The third-order valence-corrected chi connectivity index (χ3v) is 10.8. The van der Waals surface area contributed by atoms with Gasteiger partial charge in [0.05, 0.1) is 45.3 Å². The van der Waals surface area contributed by atoms with Crippen LogP contribution in [-0.4, -0.2) is 23.7 Å². The fourth-order valence-corrected chi connectivity index (χ4v) is 8.63. The quantitative estimate of drug-likeness (QED) is 0.183. The summed E-state index contributed by atoms with van der Waals surface area (Å²) in [5, 5.41) is 4.89. The van der Waals surface area contributed by atoms with Crippen molar-refractivity contribution in [2.75, 3.05) is 0 Å². The molecule has 0 N–H and O–H groups in total. The number of imidazole rings is 2. The van der Waals surface area contributed by atoms with Crippen LogP contribution in [0.4, 0.5) is 0 Å². The zero-order valence-electron chi connectivity index (χ0n) is 28.7. The van der Waals surface area contributed by atoms with E-state index in [4.69, 9.17) is 9.97 Å². The maximum Gasteiger partial charge on any atom is 0.141 e. The first-order chi connectivity index (χ1) is 25.8. The van der Waals surface area contributed by atoms with Gasteiger partial charge in [0.2, 0.25) is 0 Å². The lowest BCUT2D eigenvalue weighted by atomic mass is 9.99. The van der Waals surface area contributed by atoms with Gasteiger partial charge in [-0.25, -0.2) is 9.97 Å². The second-order valence-corrected chi connectivity index (χ2v) is 13.7. The first kappa shape index (κ1) is 29.1. The molecule has 246 valence electrons. The molecule has 0 radical (unpaired) electrons. The number of hydrogen-bond donors (Lipinski definition) is 0. The largest absolute Gasteiger partial charge is 0.324 e. The number of hydrogen-bond acceptors (Lipinski definition) is 2. The normalized spacial score (nSPS) is 12.6. The molecule has 11 rings (SSSR count). The summed E-state index contributed by atoms with van der Waals surface area (Å²) >= 11 is 0. The number of aryl methyl sites for hydroxylation is 1. The third-order valence-electron chi connectivity index (χ3n) is 10.8. The molecular formula is C47H33N5. The van der Waals surface area contributed by atoms with Crippen LogP contribution in [0.3, 0.4) is 0 Å². The number of allylic oxidation sites excluding steroid dienone is 1. The van der Waals surface area contributed by atoms with Gasteiger partial charge >= 0.3 is 0 Å². The Balaban J connectivity index is 1.25. The minimum absolute atomic E-state index is 0.636. The molecule has 10 aromatic rings. The molecule has 0 spiro atoms. The van der Waals surface area contributed by atoms with Crippen LogP contribution in [0.25, 0.3) is 94.8 Å². The number of fused-ring (bicyclic) bond motifs is 10. The van der Waals surface area contributed by atoms with Crippen LogP contribution in [0.1, 0.15) is 18.1 Å². The highest BCUT2D eigenvalue weighted by Gasteiger charge is 2.25. The van der Waals surface area contributed by atoms with Crippen LogP contribution in [0, 0.1) is 0 Å². The first-order valence-corrected chi connectivity index (χ1v) is 18.0. The zero-order chi connectivity index (χ0) is 34.3. The van der Waals surface area contributed by atoms with Crippen LogP contribution in [0.5, 0.6) is 0 Å². The molecule has 1 aliphatic heterocycles. The van der Waals surface area contributed by atoms with E-state index < -0.39 is 0 Å². The van der Waals surface area contributed by atoms with E-state index in [9.17, 15) is 0 Å². The SMILES string of the molecule is CCn1c(-c2ccccc2)nc2ccc3ccc4nc(-c5ccccc5)n(CC5=Cc6ccccc6-n6c7ccccc7c7cccc5c76)c4c3c21. The predicted octanol–water partition coefficient (Wildman–Crippen LogP) is 11.5.